The number of alkyl halides is 1. The van der Waals surface area contributed by atoms with Crippen LogP contribution in [-0.4, -0.2) is 30.5 Å². The van der Waals surface area contributed by atoms with Gasteiger partial charge in [0.1, 0.15) is 6.10 Å². The maximum atomic E-state index is 11.8. The second kappa shape index (κ2) is 4.42. The van der Waals surface area contributed by atoms with Crippen molar-refractivity contribution in [3.05, 3.63) is 0 Å². The van der Waals surface area contributed by atoms with Crippen LogP contribution in [0.1, 0.15) is 26.2 Å². The summed E-state index contributed by atoms with van der Waals surface area (Å²) in [6.07, 6.45) is 3.23. The predicted octanol–water partition coefficient (Wildman–Crippen LogP) is 1.70. The molecule has 86 valence electrons. The Morgan fingerprint density at radius 1 is 1.60 bits per heavy atom. The molecule has 0 aromatic carbocycles. The highest BCUT2D eigenvalue weighted by Crippen LogP contribution is 2.46. The number of hydrogen-bond donors (Lipinski definition) is 1. The number of rotatable bonds is 4. The van der Waals surface area contributed by atoms with Gasteiger partial charge in [0.15, 0.2) is 0 Å². The number of amides is 1. The molecule has 1 saturated heterocycles. The monoisotopic (exact) mass is 275 g/mol. The van der Waals surface area contributed by atoms with Crippen LogP contribution in [0.5, 0.6) is 0 Å². The fourth-order valence-corrected chi connectivity index (χ4v) is 2.70. The minimum Gasteiger partial charge on any atom is -0.368 e. The lowest BCUT2D eigenvalue weighted by Gasteiger charge is -2.17. The zero-order chi connectivity index (χ0) is 10.9. The Morgan fingerprint density at radius 2 is 2.33 bits per heavy atom. The average molecular weight is 276 g/mol. The molecule has 2 atom stereocenters. The number of hydrogen-bond acceptors (Lipinski definition) is 2. The van der Waals surface area contributed by atoms with Crippen LogP contribution in [0, 0.1) is 11.3 Å². The molecule has 1 N–H and O–H groups in total. The van der Waals surface area contributed by atoms with Crippen molar-refractivity contribution in [3.8, 4) is 0 Å². The van der Waals surface area contributed by atoms with Gasteiger partial charge in [-0.25, -0.2) is 0 Å². The molecule has 1 aliphatic carbocycles. The Balaban J connectivity index is 1.77. The number of halogens is 1. The molecule has 2 unspecified atom stereocenters. The van der Waals surface area contributed by atoms with E-state index in [0.29, 0.717) is 11.3 Å². The van der Waals surface area contributed by atoms with Crippen molar-refractivity contribution in [2.45, 2.75) is 32.3 Å². The molecule has 1 amide bonds. The summed E-state index contributed by atoms with van der Waals surface area (Å²) >= 11 is 3.50. The van der Waals surface area contributed by atoms with Crippen LogP contribution in [0.15, 0.2) is 0 Å². The molecule has 4 heteroatoms. The second-order valence-electron chi connectivity index (χ2n) is 4.91. The molecule has 0 aromatic heterocycles. The molecule has 0 radical (unpaired) electrons. The lowest BCUT2D eigenvalue weighted by Crippen LogP contribution is -2.40. The molecule has 1 heterocycles. The van der Waals surface area contributed by atoms with Gasteiger partial charge >= 0.3 is 0 Å². The van der Waals surface area contributed by atoms with E-state index in [1.165, 1.54) is 12.8 Å². The summed E-state index contributed by atoms with van der Waals surface area (Å²) in [5, 5.41) is 4.00. The highest BCUT2D eigenvalue weighted by Gasteiger charge is 2.42. The zero-order valence-corrected chi connectivity index (χ0v) is 10.7. The lowest BCUT2D eigenvalue weighted by atomic mass is 10.0. The first-order chi connectivity index (χ1) is 7.17. The summed E-state index contributed by atoms with van der Waals surface area (Å²) in [5.74, 6) is 0.441. The van der Waals surface area contributed by atoms with Crippen molar-refractivity contribution in [2.24, 2.45) is 11.3 Å². The van der Waals surface area contributed by atoms with Gasteiger partial charge in [0.05, 0.1) is 0 Å². The van der Waals surface area contributed by atoms with Gasteiger partial charge in [0.25, 0.3) is 0 Å². The van der Waals surface area contributed by atoms with Gasteiger partial charge < -0.3 is 10.1 Å². The molecule has 15 heavy (non-hydrogen) atoms. The van der Waals surface area contributed by atoms with Crippen LogP contribution in [0.3, 0.4) is 0 Å². The molecule has 1 saturated carbocycles. The Morgan fingerprint density at radius 3 is 2.80 bits per heavy atom. The summed E-state index contributed by atoms with van der Waals surface area (Å²) in [4.78, 5) is 11.8. The van der Waals surface area contributed by atoms with Crippen molar-refractivity contribution >= 4 is 21.8 Å². The third kappa shape index (κ3) is 2.53. The quantitative estimate of drug-likeness (QED) is 0.794. The van der Waals surface area contributed by atoms with E-state index in [0.717, 1.165) is 24.9 Å². The Hall–Kier alpha value is -0.0900. The summed E-state index contributed by atoms with van der Waals surface area (Å²) in [6, 6.07) is 0. The largest absolute Gasteiger partial charge is 0.368 e. The molecule has 0 aromatic rings. The number of carbonyl (C=O) groups is 1. The molecule has 3 nitrogen and oxygen atoms in total. The van der Waals surface area contributed by atoms with E-state index < -0.39 is 0 Å². The molecule has 0 spiro atoms. The van der Waals surface area contributed by atoms with Crippen molar-refractivity contribution in [2.75, 3.05) is 18.5 Å². The van der Waals surface area contributed by atoms with E-state index in [2.05, 4.69) is 28.2 Å². The van der Waals surface area contributed by atoms with Crippen LogP contribution < -0.4 is 5.32 Å². The molecule has 1 aliphatic heterocycles. The van der Waals surface area contributed by atoms with E-state index in [4.69, 9.17) is 4.74 Å². The number of carbonyl (C=O) groups excluding carboxylic acids is 1. The number of ether oxygens (including phenoxy) is 1. The van der Waals surface area contributed by atoms with Crippen LogP contribution in [0.25, 0.3) is 0 Å². The highest BCUT2D eigenvalue weighted by molar-refractivity contribution is 9.09. The summed E-state index contributed by atoms with van der Waals surface area (Å²) in [7, 11) is 0. The minimum atomic E-state index is -0.212. The van der Waals surface area contributed by atoms with Gasteiger partial charge in [-0.05, 0) is 30.6 Å². The number of nitrogens with one attached hydrogen (secondary N) is 1. The van der Waals surface area contributed by atoms with Gasteiger partial charge in [-0.1, -0.05) is 22.9 Å². The van der Waals surface area contributed by atoms with E-state index in [1.807, 2.05) is 0 Å². The van der Waals surface area contributed by atoms with Crippen LogP contribution in [-0.2, 0) is 9.53 Å². The molecule has 2 fully saturated rings. The van der Waals surface area contributed by atoms with Crippen molar-refractivity contribution in [1.82, 2.24) is 5.32 Å². The fraction of sp³-hybridized carbons (Fsp3) is 0.909. The fourth-order valence-electron chi connectivity index (χ4n) is 1.94. The third-order valence-electron chi connectivity index (χ3n) is 3.52. The van der Waals surface area contributed by atoms with Gasteiger partial charge in [-0.3, -0.25) is 4.79 Å². The Labute approximate surface area is 99.1 Å². The first-order valence-electron chi connectivity index (χ1n) is 5.62. The van der Waals surface area contributed by atoms with Crippen molar-refractivity contribution in [1.29, 1.82) is 0 Å². The van der Waals surface area contributed by atoms with Crippen LogP contribution in [0.4, 0.5) is 0 Å². The van der Waals surface area contributed by atoms with Crippen LogP contribution >= 0.6 is 15.9 Å². The normalized spacial score (nSPS) is 32.7. The predicted molar refractivity (Wildman–Crippen MR) is 62.0 cm³/mol. The maximum Gasteiger partial charge on any atom is 0.249 e. The van der Waals surface area contributed by atoms with Gasteiger partial charge in [0, 0.05) is 18.5 Å². The van der Waals surface area contributed by atoms with E-state index in [1.54, 1.807) is 0 Å². The molecular formula is C11H18BrNO2. The van der Waals surface area contributed by atoms with Gasteiger partial charge in [0.2, 0.25) is 5.91 Å². The van der Waals surface area contributed by atoms with Gasteiger partial charge in [-0.15, -0.1) is 0 Å². The summed E-state index contributed by atoms with van der Waals surface area (Å²) in [6.45, 7) is 3.60. The molecule has 0 bridgehead atoms. The standard InChI is InChI=1S/C11H18BrNO2/c1-8-2-5-15-9(8)10(14)13-7-11(6-12)3-4-11/h8-9H,2-7H2,1H3,(H,13,14). The summed E-state index contributed by atoms with van der Waals surface area (Å²) < 4.78 is 5.42. The van der Waals surface area contributed by atoms with Crippen molar-refractivity contribution < 1.29 is 9.53 Å². The molecule has 2 aliphatic rings. The Kier molecular flexibility index (Phi) is 3.36. The smallest absolute Gasteiger partial charge is 0.249 e. The SMILES string of the molecule is CC1CCOC1C(=O)NCC1(CBr)CC1. The lowest BCUT2D eigenvalue weighted by molar-refractivity contribution is -0.131. The van der Waals surface area contributed by atoms with Gasteiger partial charge in [-0.2, -0.15) is 0 Å². The van der Waals surface area contributed by atoms with Crippen LogP contribution in [0.2, 0.25) is 0 Å². The first-order valence-corrected chi connectivity index (χ1v) is 6.74. The van der Waals surface area contributed by atoms with E-state index in [-0.39, 0.29) is 12.0 Å². The maximum absolute atomic E-state index is 11.8. The zero-order valence-electron chi connectivity index (χ0n) is 9.09. The summed E-state index contributed by atoms with van der Waals surface area (Å²) in [5.41, 5.74) is 0.345. The van der Waals surface area contributed by atoms with E-state index >= 15 is 0 Å². The molecular weight excluding hydrogens is 258 g/mol. The average Bonchev–Trinajstić information content (AvgIpc) is 2.91. The third-order valence-corrected chi connectivity index (χ3v) is 4.71. The van der Waals surface area contributed by atoms with Crippen molar-refractivity contribution in [3.63, 3.8) is 0 Å². The minimum absolute atomic E-state index is 0.0761. The topological polar surface area (TPSA) is 38.3 Å². The first kappa shape index (κ1) is 11.4. The second-order valence-corrected chi connectivity index (χ2v) is 5.47. The highest BCUT2D eigenvalue weighted by atomic mass is 79.9. The Bertz CT molecular complexity index is 253. The molecule has 2 rings (SSSR count). The van der Waals surface area contributed by atoms with E-state index in [9.17, 15) is 4.79 Å².